The van der Waals surface area contributed by atoms with Crippen molar-refractivity contribution in [1.82, 2.24) is 5.32 Å². The number of hydrogen-bond acceptors (Lipinski definition) is 2. The number of ether oxygens (including phenoxy) is 1. The molecule has 25 heavy (non-hydrogen) atoms. The van der Waals surface area contributed by atoms with Crippen LogP contribution >= 0.6 is 0 Å². The number of hydrogen-bond donors (Lipinski definition) is 1. The molecule has 0 unspecified atom stereocenters. The standard InChI is InChI=1S/C22H31NO2/c24-21(22-14-18-11-19(15-22)13-20(12-18)16-22)23-8-4-9-25-10-7-17-5-2-1-3-6-17/h1-3,5-6,18-20H,4,7-16H2,(H,23,24). The van der Waals surface area contributed by atoms with Crippen LogP contribution in [-0.2, 0) is 16.0 Å². The summed E-state index contributed by atoms with van der Waals surface area (Å²) < 4.78 is 5.72. The maximum Gasteiger partial charge on any atom is 0.226 e. The van der Waals surface area contributed by atoms with Crippen molar-refractivity contribution < 1.29 is 9.53 Å². The zero-order valence-corrected chi connectivity index (χ0v) is 15.2. The van der Waals surface area contributed by atoms with Crippen molar-refractivity contribution in [1.29, 1.82) is 0 Å². The van der Waals surface area contributed by atoms with Gasteiger partial charge in [-0.25, -0.2) is 0 Å². The summed E-state index contributed by atoms with van der Waals surface area (Å²) >= 11 is 0. The molecule has 136 valence electrons. The number of carbonyl (C=O) groups excluding carboxylic acids is 1. The topological polar surface area (TPSA) is 38.3 Å². The van der Waals surface area contributed by atoms with Crippen LogP contribution in [-0.4, -0.2) is 25.7 Å². The van der Waals surface area contributed by atoms with Gasteiger partial charge in [0.05, 0.1) is 6.61 Å². The molecule has 0 heterocycles. The molecular weight excluding hydrogens is 310 g/mol. The quantitative estimate of drug-likeness (QED) is 0.727. The monoisotopic (exact) mass is 341 g/mol. The Morgan fingerprint density at radius 2 is 1.64 bits per heavy atom. The van der Waals surface area contributed by atoms with E-state index >= 15 is 0 Å². The van der Waals surface area contributed by atoms with Crippen LogP contribution in [0, 0.1) is 23.2 Å². The second-order valence-corrected chi connectivity index (χ2v) is 8.66. The molecule has 0 saturated heterocycles. The highest BCUT2D eigenvalue weighted by atomic mass is 16.5. The van der Waals surface area contributed by atoms with E-state index in [1.54, 1.807) is 0 Å². The fraction of sp³-hybridized carbons (Fsp3) is 0.682. The molecule has 4 aliphatic carbocycles. The zero-order chi connectivity index (χ0) is 17.1. The Morgan fingerprint density at radius 1 is 1.00 bits per heavy atom. The molecule has 0 spiro atoms. The Balaban J connectivity index is 1.13. The second kappa shape index (κ2) is 7.49. The minimum atomic E-state index is -0.0110. The van der Waals surface area contributed by atoms with Crippen molar-refractivity contribution in [2.24, 2.45) is 23.2 Å². The molecule has 4 bridgehead atoms. The van der Waals surface area contributed by atoms with Gasteiger partial charge in [0.15, 0.2) is 0 Å². The summed E-state index contributed by atoms with van der Waals surface area (Å²) in [7, 11) is 0. The second-order valence-electron chi connectivity index (χ2n) is 8.66. The first-order valence-electron chi connectivity index (χ1n) is 10.1. The van der Waals surface area contributed by atoms with Crippen molar-refractivity contribution in [2.45, 2.75) is 51.4 Å². The number of benzene rings is 1. The summed E-state index contributed by atoms with van der Waals surface area (Å²) in [6.07, 6.45) is 9.49. The largest absolute Gasteiger partial charge is 0.381 e. The molecule has 0 aliphatic heterocycles. The Morgan fingerprint density at radius 3 is 2.28 bits per heavy atom. The number of amides is 1. The van der Waals surface area contributed by atoms with E-state index in [1.165, 1.54) is 24.8 Å². The van der Waals surface area contributed by atoms with Gasteiger partial charge >= 0.3 is 0 Å². The molecule has 0 radical (unpaired) electrons. The van der Waals surface area contributed by atoms with Gasteiger partial charge in [-0.3, -0.25) is 4.79 Å². The maximum atomic E-state index is 12.8. The lowest BCUT2D eigenvalue weighted by atomic mass is 9.49. The fourth-order valence-corrected chi connectivity index (χ4v) is 5.89. The third kappa shape index (κ3) is 3.92. The van der Waals surface area contributed by atoms with Gasteiger partial charge < -0.3 is 10.1 Å². The van der Waals surface area contributed by atoms with E-state index in [0.29, 0.717) is 5.91 Å². The summed E-state index contributed by atoms with van der Waals surface area (Å²) in [4.78, 5) is 12.8. The molecule has 0 atom stereocenters. The Bertz CT molecular complexity index is 548. The number of rotatable bonds is 8. The smallest absolute Gasteiger partial charge is 0.226 e. The Hall–Kier alpha value is -1.35. The summed E-state index contributed by atoms with van der Waals surface area (Å²) in [6.45, 7) is 2.24. The highest BCUT2D eigenvalue weighted by Gasteiger charge is 2.54. The molecule has 1 amide bonds. The van der Waals surface area contributed by atoms with E-state index in [2.05, 4.69) is 29.6 Å². The van der Waals surface area contributed by atoms with Gasteiger partial charge in [0, 0.05) is 18.6 Å². The SMILES string of the molecule is O=C(NCCCOCCc1ccccc1)C12CC3CC(CC(C3)C1)C2. The van der Waals surface area contributed by atoms with E-state index in [9.17, 15) is 4.79 Å². The van der Waals surface area contributed by atoms with Crippen molar-refractivity contribution >= 4 is 5.91 Å². The van der Waals surface area contributed by atoms with E-state index in [-0.39, 0.29) is 5.41 Å². The van der Waals surface area contributed by atoms with Crippen LogP contribution in [0.3, 0.4) is 0 Å². The predicted molar refractivity (Wildman–Crippen MR) is 99.2 cm³/mol. The van der Waals surface area contributed by atoms with Crippen molar-refractivity contribution in [2.75, 3.05) is 19.8 Å². The highest BCUT2D eigenvalue weighted by molar-refractivity contribution is 5.83. The van der Waals surface area contributed by atoms with Gasteiger partial charge in [-0.2, -0.15) is 0 Å². The summed E-state index contributed by atoms with van der Waals surface area (Å²) in [6, 6.07) is 10.4. The van der Waals surface area contributed by atoms with Gasteiger partial charge in [0.2, 0.25) is 5.91 Å². The Labute approximate surface area is 151 Å². The minimum absolute atomic E-state index is 0.0110. The molecule has 3 nitrogen and oxygen atoms in total. The first kappa shape index (κ1) is 17.1. The van der Waals surface area contributed by atoms with E-state index in [4.69, 9.17) is 4.74 Å². The number of nitrogens with one attached hydrogen (secondary N) is 1. The molecule has 0 aromatic heterocycles. The first-order chi connectivity index (χ1) is 12.2. The van der Waals surface area contributed by atoms with Crippen LogP contribution in [0.25, 0.3) is 0 Å². The van der Waals surface area contributed by atoms with Gasteiger partial charge in [-0.15, -0.1) is 0 Å². The van der Waals surface area contributed by atoms with Gasteiger partial charge in [0.25, 0.3) is 0 Å². The van der Waals surface area contributed by atoms with Crippen LogP contribution in [0.5, 0.6) is 0 Å². The Kier molecular flexibility index (Phi) is 5.12. The lowest BCUT2D eigenvalue weighted by Gasteiger charge is -2.55. The molecule has 1 aromatic rings. The molecule has 1 N–H and O–H groups in total. The van der Waals surface area contributed by atoms with Crippen LogP contribution in [0.2, 0.25) is 0 Å². The van der Waals surface area contributed by atoms with Crippen LogP contribution in [0.4, 0.5) is 0 Å². The minimum Gasteiger partial charge on any atom is -0.381 e. The average Bonchev–Trinajstić information content (AvgIpc) is 2.60. The summed E-state index contributed by atoms with van der Waals surface area (Å²) in [5.41, 5.74) is 1.31. The van der Waals surface area contributed by atoms with Gasteiger partial charge in [-0.05, 0) is 74.7 Å². The normalized spacial score (nSPS) is 32.7. The summed E-state index contributed by atoms with van der Waals surface area (Å²) in [5.74, 6) is 2.84. The lowest BCUT2D eigenvalue weighted by Crippen LogP contribution is -2.53. The molecular formula is C22H31NO2. The molecule has 3 heteroatoms. The van der Waals surface area contributed by atoms with E-state index < -0.39 is 0 Å². The maximum absolute atomic E-state index is 12.8. The summed E-state index contributed by atoms with van der Waals surface area (Å²) in [5, 5.41) is 3.23. The van der Waals surface area contributed by atoms with Crippen LogP contribution in [0.15, 0.2) is 30.3 Å². The fourth-order valence-electron chi connectivity index (χ4n) is 5.89. The average molecular weight is 341 g/mol. The van der Waals surface area contributed by atoms with E-state index in [1.807, 2.05) is 6.07 Å². The molecule has 5 rings (SSSR count). The molecule has 1 aromatic carbocycles. The van der Waals surface area contributed by atoms with Gasteiger partial charge in [0.1, 0.15) is 0 Å². The molecule has 4 aliphatic rings. The third-order valence-electron chi connectivity index (χ3n) is 6.65. The zero-order valence-electron chi connectivity index (χ0n) is 15.2. The van der Waals surface area contributed by atoms with Gasteiger partial charge in [-0.1, -0.05) is 30.3 Å². The molecule has 4 fully saturated rings. The first-order valence-corrected chi connectivity index (χ1v) is 10.1. The van der Waals surface area contributed by atoms with Crippen molar-refractivity contribution in [3.63, 3.8) is 0 Å². The van der Waals surface area contributed by atoms with E-state index in [0.717, 1.165) is 69.6 Å². The highest BCUT2D eigenvalue weighted by Crippen LogP contribution is 2.60. The van der Waals surface area contributed by atoms with Crippen LogP contribution < -0.4 is 5.32 Å². The lowest BCUT2D eigenvalue weighted by molar-refractivity contribution is -0.146. The third-order valence-corrected chi connectivity index (χ3v) is 6.65. The van der Waals surface area contributed by atoms with Crippen LogP contribution in [0.1, 0.15) is 50.5 Å². The predicted octanol–water partition coefficient (Wildman–Crippen LogP) is 3.97. The van der Waals surface area contributed by atoms with Crippen molar-refractivity contribution in [3.8, 4) is 0 Å². The molecule has 4 saturated carbocycles. The number of carbonyl (C=O) groups is 1. The van der Waals surface area contributed by atoms with Crippen molar-refractivity contribution in [3.05, 3.63) is 35.9 Å².